The molecule has 0 bridgehead atoms. The first kappa shape index (κ1) is 21.3. The quantitative estimate of drug-likeness (QED) is 0.471. The highest BCUT2D eigenvalue weighted by atomic mass is 16.2. The fourth-order valence-electron chi connectivity index (χ4n) is 3.38. The third-order valence-corrected chi connectivity index (χ3v) is 5.04. The molecule has 0 unspecified atom stereocenters. The number of nitrogens with one attached hydrogen (secondary N) is 2. The van der Waals surface area contributed by atoms with Crippen LogP contribution in [-0.4, -0.2) is 37.5 Å². The van der Waals surface area contributed by atoms with Crippen molar-refractivity contribution >= 4 is 17.5 Å². The lowest BCUT2D eigenvalue weighted by atomic mass is 10.2. The van der Waals surface area contributed by atoms with Gasteiger partial charge in [0.05, 0.1) is 23.6 Å². The summed E-state index contributed by atoms with van der Waals surface area (Å²) >= 11 is 0. The molecule has 8 nitrogen and oxygen atoms in total. The minimum Gasteiger partial charge on any atom is -0.350 e. The molecule has 8 heteroatoms. The number of carbonyl (C=O) groups excluding carboxylic acids is 2. The molecule has 0 aliphatic heterocycles. The Labute approximate surface area is 186 Å². The molecule has 0 atom stereocenters. The molecule has 164 valence electrons. The van der Waals surface area contributed by atoms with Crippen LogP contribution in [0.2, 0.25) is 0 Å². The lowest BCUT2D eigenvalue weighted by Crippen LogP contribution is -2.28. The largest absolute Gasteiger partial charge is 0.350 e. The summed E-state index contributed by atoms with van der Waals surface area (Å²) in [6, 6.07) is 11.5. The number of hydrogen-bond donors (Lipinski definition) is 2. The summed E-state index contributed by atoms with van der Waals surface area (Å²) in [5.74, 6) is -0.138. The van der Waals surface area contributed by atoms with Gasteiger partial charge in [-0.15, -0.1) is 0 Å². The highest BCUT2D eigenvalue weighted by molar-refractivity contribution is 6.01. The van der Waals surface area contributed by atoms with Crippen molar-refractivity contribution in [2.45, 2.75) is 27.3 Å². The van der Waals surface area contributed by atoms with Crippen LogP contribution < -0.4 is 10.6 Å². The predicted molar refractivity (Wildman–Crippen MR) is 122 cm³/mol. The maximum absolute atomic E-state index is 12.9. The summed E-state index contributed by atoms with van der Waals surface area (Å²) in [7, 11) is 0. The van der Waals surface area contributed by atoms with Gasteiger partial charge in [0, 0.05) is 31.0 Å². The third kappa shape index (κ3) is 4.54. The van der Waals surface area contributed by atoms with Crippen LogP contribution in [0.25, 0.3) is 11.3 Å². The predicted octanol–water partition coefficient (Wildman–Crippen LogP) is 3.14. The van der Waals surface area contributed by atoms with Crippen LogP contribution in [0.1, 0.15) is 45.8 Å². The molecule has 32 heavy (non-hydrogen) atoms. The molecule has 1 aromatic carbocycles. The second-order valence-electron chi connectivity index (χ2n) is 8.18. The first-order valence-corrected chi connectivity index (χ1v) is 10.6. The van der Waals surface area contributed by atoms with Gasteiger partial charge < -0.3 is 10.6 Å². The average molecular weight is 431 g/mol. The summed E-state index contributed by atoms with van der Waals surface area (Å²) in [5.41, 5.74) is 4.24. The van der Waals surface area contributed by atoms with E-state index < -0.39 is 0 Å². The van der Waals surface area contributed by atoms with Gasteiger partial charge in [0.25, 0.3) is 11.8 Å². The Morgan fingerprint density at radius 3 is 2.69 bits per heavy atom. The molecule has 0 spiro atoms. The Bertz CT molecular complexity index is 1270. The molecule has 2 N–H and O–H groups in total. The minimum atomic E-state index is -0.265. The van der Waals surface area contributed by atoms with Gasteiger partial charge in [-0.25, -0.2) is 9.67 Å². The number of aromatic nitrogens is 4. The third-order valence-electron chi connectivity index (χ3n) is 5.04. The summed E-state index contributed by atoms with van der Waals surface area (Å²) < 4.78 is 3.42. The van der Waals surface area contributed by atoms with Crippen LogP contribution in [0.4, 0.5) is 0 Å². The van der Waals surface area contributed by atoms with E-state index in [4.69, 9.17) is 0 Å². The normalized spacial score (nSPS) is 11.1. The van der Waals surface area contributed by atoms with Gasteiger partial charge in [0.15, 0.2) is 0 Å². The molecular formula is C24H26N6O2. The number of rotatable bonds is 7. The molecule has 4 aromatic rings. The highest BCUT2D eigenvalue weighted by Gasteiger charge is 2.17. The van der Waals surface area contributed by atoms with Crippen LogP contribution in [0.15, 0.2) is 61.2 Å². The van der Waals surface area contributed by atoms with Crippen molar-refractivity contribution in [3.05, 3.63) is 83.6 Å². The van der Waals surface area contributed by atoms with Crippen molar-refractivity contribution < 1.29 is 9.59 Å². The Morgan fingerprint density at radius 2 is 1.91 bits per heavy atom. The molecule has 0 saturated carbocycles. The van der Waals surface area contributed by atoms with E-state index >= 15 is 0 Å². The van der Waals surface area contributed by atoms with Crippen molar-refractivity contribution in [1.82, 2.24) is 29.8 Å². The van der Waals surface area contributed by atoms with E-state index in [9.17, 15) is 9.59 Å². The lowest BCUT2D eigenvalue weighted by Gasteiger charge is -2.08. The molecular weight excluding hydrogens is 404 g/mol. The van der Waals surface area contributed by atoms with Gasteiger partial charge in [-0.05, 0) is 42.7 Å². The van der Waals surface area contributed by atoms with E-state index in [1.807, 2.05) is 51.2 Å². The van der Waals surface area contributed by atoms with Gasteiger partial charge in [-0.2, -0.15) is 5.10 Å². The number of pyridine rings is 1. The van der Waals surface area contributed by atoms with E-state index in [0.717, 1.165) is 16.8 Å². The Morgan fingerprint density at radius 1 is 1.06 bits per heavy atom. The summed E-state index contributed by atoms with van der Waals surface area (Å²) in [6.45, 7) is 6.99. The molecule has 2 amide bonds. The fraction of sp³-hybridized carbons (Fsp3) is 0.250. The second kappa shape index (κ2) is 9.05. The Hall–Kier alpha value is -3.94. The molecule has 0 fully saturated rings. The zero-order valence-corrected chi connectivity index (χ0v) is 18.4. The maximum atomic E-state index is 12.9. The van der Waals surface area contributed by atoms with Crippen LogP contribution in [0, 0.1) is 12.8 Å². The van der Waals surface area contributed by atoms with Gasteiger partial charge in [0.2, 0.25) is 0 Å². The van der Waals surface area contributed by atoms with Crippen molar-refractivity contribution in [3.8, 4) is 5.69 Å². The first-order valence-electron chi connectivity index (χ1n) is 10.6. The van der Waals surface area contributed by atoms with Crippen LogP contribution in [-0.2, 0) is 6.54 Å². The maximum Gasteiger partial charge on any atom is 0.269 e. The standard InChI is InChI=1S/C24H26N6O2/c1-16(2)11-26-24(32)21-14-25-22-20(8-5-9-29(21)22)23(31)27-12-18-13-28-30(15-18)19-7-4-6-17(3)10-19/h4-10,13-16H,11-12H2,1-3H3,(H,26,32)(H,27,31). The average Bonchev–Trinajstić information content (AvgIpc) is 3.43. The molecule has 0 aliphatic rings. The van der Waals surface area contributed by atoms with Crippen LogP contribution in [0.3, 0.4) is 0 Å². The van der Waals surface area contributed by atoms with E-state index in [-0.39, 0.29) is 11.8 Å². The molecule has 3 heterocycles. The number of carbonyl (C=O) groups is 2. The number of fused-ring (bicyclic) bond motifs is 1. The zero-order chi connectivity index (χ0) is 22.7. The van der Waals surface area contributed by atoms with Gasteiger partial charge >= 0.3 is 0 Å². The lowest BCUT2D eigenvalue weighted by molar-refractivity contribution is 0.0936. The van der Waals surface area contributed by atoms with Crippen molar-refractivity contribution in [3.63, 3.8) is 0 Å². The Kier molecular flexibility index (Phi) is 6.02. The number of nitrogens with zero attached hydrogens (tertiary/aromatic N) is 4. The summed E-state index contributed by atoms with van der Waals surface area (Å²) in [6.07, 6.45) is 6.85. The van der Waals surface area contributed by atoms with Crippen molar-refractivity contribution in [2.75, 3.05) is 6.54 Å². The topological polar surface area (TPSA) is 93.3 Å². The highest BCUT2D eigenvalue weighted by Crippen LogP contribution is 2.14. The second-order valence-corrected chi connectivity index (χ2v) is 8.18. The molecule has 0 radical (unpaired) electrons. The molecule has 4 rings (SSSR count). The minimum absolute atomic E-state index is 0.215. The number of imidazole rings is 1. The van der Waals surface area contributed by atoms with E-state index in [2.05, 4.69) is 20.7 Å². The van der Waals surface area contributed by atoms with Gasteiger partial charge in [-0.3, -0.25) is 14.0 Å². The van der Waals surface area contributed by atoms with Gasteiger partial charge in [-0.1, -0.05) is 26.0 Å². The number of benzene rings is 1. The van der Waals surface area contributed by atoms with Crippen molar-refractivity contribution in [2.24, 2.45) is 5.92 Å². The van der Waals surface area contributed by atoms with Crippen LogP contribution in [0.5, 0.6) is 0 Å². The van der Waals surface area contributed by atoms with Crippen LogP contribution >= 0.6 is 0 Å². The number of amides is 2. The van der Waals surface area contributed by atoms with E-state index in [1.165, 1.54) is 6.20 Å². The molecule has 3 aromatic heterocycles. The number of hydrogen-bond acceptors (Lipinski definition) is 4. The monoisotopic (exact) mass is 430 g/mol. The Balaban J connectivity index is 1.47. The zero-order valence-electron chi connectivity index (χ0n) is 18.4. The van der Waals surface area contributed by atoms with Crippen molar-refractivity contribution in [1.29, 1.82) is 0 Å². The fourth-order valence-corrected chi connectivity index (χ4v) is 3.38. The summed E-state index contributed by atoms with van der Waals surface area (Å²) in [4.78, 5) is 29.6. The first-order chi connectivity index (χ1) is 15.4. The SMILES string of the molecule is Cc1cccc(-n2cc(CNC(=O)c3cccn4c(C(=O)NCC(C)C)cnc34)cn2)c1. The van der Waals surface area contributed by atoms with Gasteiger partial charge in [0.1, 0.15) is 11.3 Å². The molecule has 0 saturated heterocycles. The van der Waals surface area contributed by atoms with E-state index in [0.29, 0.717) is 35.9 Å². The summed E-state index contributed by atoms with van der Waals surface area (Å²) in [5, 5.41) is 10.2. The molecule has 0 aliphatic carbocycles. The number of aryl methyl sites for hydroxylation is 1. The smallest absolute Gasteiger partial charge is 0.269 e. The van der Waals surface area contributed by atoms with E-state index in [1.54, 1.807) is 33.6 Å².